The Labute approximate surface area is 138 Å². The number of hydrogen-bond donors (Lipinski definition) is 2. The van der Waals surface area contributed by atoms with Crippen molar-refractivity contribution in [2.75, 3.05) is 31.2 Å². The van der Waals surface area contributed by atoms with Crippen molar-refractivity contribution in [1.29, 1.82) is 0 Å². The molecule has 0 saturated carbocycles. The zero-order valence-electron chi connectivity index (χ0n) is 13.9. The molecule has 0 aromatic heterocycles. The molecule has 1 aliphatic heterocycles. The number of amides is 2. The highest BCUT2D eigenvalue weighted by atomic mass is 32.2. The Morgan fingerprint density at radius 3 is 2.43 bits per heavy atom. The molecule has 2 rings (SSSR count). The Morgan fingerprint density at radius 2 is 1.87 bits per heavy atom. The first kappa shape index (κ1) is 17.7. The minimum Gasteiger partial charge on any atom is -0.338 e. The van der Waals surface area contributed by atoms with Crippen molar-refractivity contribution in [3.63, 3.8) is 0 Å². The maximum atomic E-state index is 11.9. The second-order valence-corrected chi connectivity index (χ2v) is 8.22. The lowest BCUT2D eigenvalue weighted by Crippen LogP contribution is -2.41. The average molecular weight is 339 g/mol. The Bertz CT molecular complexity index is 665. The van der Waals surface area contributed by atoms with Gasteiger partial charge in [0.1, 0.15) is 0 Å². The molecular formula is C16H25N3O3S. The number of carbonyl (C=O) groups excluding carboxylic acids is 1. The van der Waals surface area contributed by atoms with E-state index in [0.29, 0.717) is 25.6 Å². The molecule has 6 nitrogen and oxygen atoms in total. The topological polar surface area (TPSA) is 78.5 Å². The van der Waals surface area contributed by atoms with Gasteiger partial charge in [-0.25, -0.2) is 17.5 Å². The smallest absolute Gasteiger partial charge is 0.319 e. The molecule has 1 aromatic carbocycles. The molecule has 23 heavy (non-hydrogen) atoms. The van der Waals surface area contributed by atoms with Gasteiger partial charge in [0, 0.05) is 25.3 Å². The highest BCUT2D eigenvalue weighted by Crippen LogP contribution is 2.18. The number of nitrogens with one attached hydrogen (secondary N) is 2. The standard InChI is InChI=1S/C16H25N3O3S/c1-12-4-5-15(10-13(12)2)18-16(20)17-11-14-6-8-19(9-7-14)23(3,21)22/h4-5,10,14H,6-9,11H2,1-3H3,(H2,17,18,20). The first-order valence-corrected chi connectivity index (χ1v) is 9.68. The number of nitrogens with zero attached hydrogens (tertiary/aromatic N) is 1. The van der Waals surface area contributed by atoms with Crippen LogP contribution in [-0.2, 0) is 10.0 Å². The third-order valence-corrected chi connectivity index (χ3v) is 5.66. The van der Waals surface area contributed by atoms with E-state index in [1.807, 2.05) is 32.0 Å². The van der Waals surface area contributed by atoms with Gasteiger partial charge in [0.15, 0.2) is 0 Å². The first-order chi connectivity index (χ1) is 10.8. The molecule has 0 atom stereocenters. The number of anilines is 1. The average Bonchev–Trinajstić information content (AvgIpc) is 2.48. The Morgan fingerprint density at radius 1 is 1.22 bits per heavy atom. The van der Waals surface area contributed by atoms with Crippen molar-refractivity contribution < 1.29 is 13.2 Å². The third kappa shape index (κ3) is 5.21. The molecule has 0 aliphatic carbocycles. The van der Waals surface area contributed by atoms with E-state index in [0.717, 1.165) is 24.1 Å². The minimum absolute atomic E-state index is 0.223. The summed E-state index contributed by atoms with van der Waals surface area (Å²) in [7, 11) is -3.10. The minimum atomic E-state index is -3.10. The molecule has 1 fully saturated rings. The fourth-order valence-corrected chi connectivity index (χ4v) is 3.55. The van der Waals surface area contributed by atoms with Crippen LogP contribution in [0.5, 0.6) is 0 Å². The zero-order valence-corrected chi connectivity index (χ0v) is 14.7. The highest BCUT2D eigenvalue weighted by Gasteiger charge is 2.24. The Kier molecular flexibility index (Phi) is 5.64. The molecule has 7 heteroatoms. The zero-order chi connectivity index (χ0) is 17.0. The van der Waals surface area contributed by atoms with Gasteiger partial charge in [-0.15, -0.1) is 0 Å². The molecule has 0 radical (unpaired) electrons. The lowest BCUT2D eigenvalue weighted by atomic mass is 9.98. The lowest BCUT2D eigenvalue weighted by Gasteiger charge is -2.30. The van der Waals surface area contributed by atoms with E-state index in [1.54, 1.807) is 0 Å². The molecular weight excluding hydrogens is 314 g/mol. The predicted molar refractivity (Wildman–Crippen MR) is 92.1 cm³/mol. The van der Waals surface area contributed by atoms with Crippen LogP contribution in [0.4, 0.5) is 10.5 Å². The van der Waals surface area contributed by atoms with Gasteiger partial charge in [0.25, 0.3) is 0 Å². The summed E-state index contributed by atoms with van der Waals surface area (Å²) in [5.74, 6) is 0.318. The summed E-state index contributed by atoms with van der Waals surface area (Å²) < 4.78 is 24.4. The first-order valence-electron chi connectivity index (χ1n) is 7.83. The van der Waals surface area contributed by atoms with Crippen LogP contribution in [0.1, 0.15) is 24.0 Å². The monoisotopic (exact) mass is 339 g/mol. The van der Waals surface area contributed by atoms with Crippen molar-refractivity contribution in [2.24, 2.45) is 5.92 Å². The van der Waals surface area contributed by atoms with Gasteiger partial charge in [-0.1, -0.05) is 6.07 Å². The quantitative estimate of drug-likeness (QED) is 0.882. The number of piperidine rings is 1. The fraction of sp³-hybridized carbons (Fsp3) is 0.562. The summed E-state index contributed by atoms with van der Waals surface area (Å²) >= 11 is 0. The van der Waals surface area contributed by atoms with Gasteiger partial charge in [-0.3, -0.25) is 0 Å². The van der Waals surface area contributed by atoms with Crippen LogP contribution >= 0.6 is 0 Å². The second kappa shape index (κ2) is 7.31. The summed E-state index contributed by atoms with van der Waals surface area (Å²) in [5, 5.41) is 5.70. The van der Waals surface area contributed by atoms with Crippen LogP contribution in [-0.4, -0.2) is 44.6 Å². The number of urea groups is 1. The fourth-order valence-electron chi connectivity index (χ4n) is 2.68. The van der Waals surface area contributed by atoms with E-state index in [2.05, 4.69) is 10.6 Å². The summed E-state index contributed by atoms with van der Waals surface area (Å²) in [6.45, 7) is 5.66. The van der Waals surface area contributed by atoms with Crippen molar-refractivity contribution in [3.8, 4) is 0 Å². The van der Waals surface area contributed by atoms with E-state index in [1.165, 1.54) is 16.1 Å². The number of aryl methyl sites for hydroxylation is 2. The highest BCUT2D eigenvalue weighted by molar-refractivity contribution is 7.88. The van der Waals surface area contributed by atoms with Gasteiger partial charge < -0.3 is 10.6 Å². The van der Waals surface area contributed by atoms with Crippen LogP contribution in [0, 0.1) is 19.8 Å². The molecule has 2 amide bonds. The molecule has 1 heterocycles. The van der Waals surface area contributed by atoms with E-state index in [9.17, 15) is 13.2 Å². The maximum absolute atomic E-state index is 11.9. The van der Waals surface area contributed by atoms with Crippen molar-refractivity contribution in [3.05, 3.63) is 29.3 Å². The van der Waals surface area contributed by atoms with Crippen molar-refractivity contribution in [2.45, 2.75) is 26.7 Å². The van der Waals surface area contributed by atoms with Gasteiger partial charge in [-0.2, -0.15) is 0 Å². The summed E-state index contributed by atoms with van der Waals surface area (Å²) in [6.07, 6.45) is 2.79. The number of rotatable bonds is 4. The van der Waals surface area contributed by atoms with Crippen LogP contribution in [0.25, 0.3) is 0 Å². The van der Waals surface area contributed by atoms with Crippen molar-refractivity contribution >= 4 is 21.7 Å². The largest absolute Gasteiger partial charge is 0.338 e. The number of sulfonamides is 1. The molecule has 0 spiro atoms. The maximum Gasteiger partial charge on any atom is 0.319 e. The number of hydrogen-bond acceptors (Lipinski definition) is 3. The summed E-state index contributed by atoms with van der Waals surface area (Å²) in [5.41, 5.74) is 3.10. The number of benzene rings is 1. The van der Waals surface area contributed by atoms with E-state index >= 15 is 0 Å². The van der Waals surface area contributed by atoms with Crippen LogP contribution in [0.3, 0.4) is 0 Å². The predicted octanol–water partition coefficient (Wildman–Crippen LogP) is 2.10. The van der Waals surface area contributed by atoms with E-state index in [4.69, 9.17) is 0 Å². The molecule has 0 unspecified atom stereocenters. The summed E-state index contributed by atoms with van der Waals surface area (Å²) in [6, 6.07) is 5.58. The van der Waals surface area contributed by atoms with E-state index < -0.39 is 10.0 Å². The second-order valence-electron chi connectivity index (χ2n) is 6.24. The van der Waals surface area contributed by atoms with Gasteiger partial charge in [0.2, 0.25) is 10.0 Å². The molecule has 0 bridgehead atoms. The summed E-state index contributed by atoms with van der Waals surface area (Å²) in [4.78, 5) is 11.9. The van der Waals surface area contributed by atoms with Crippen LogP contribution in [0.2, 0.25) is 0 Å². The SMILES string of the molecule is Cc1ccc(NC(=O)NCC2CCN(S(C)(=O)=O)CC2)cc1C. The molecule has 1 aromatic rings. The van der Waals surface area contributed by atoms with Gasteiger partial charge >= 0.3 is 6.03 Å². The third-order valence-electron chi connectivity index (χ3n) is 4.36. The molecule has 2 N–H and O–H groups in total. The number of carbonyl (C=O) groups is 1. The Hall–Kier alpha value is -1.60. The van der Waals surface area contributed by atoms with Crippen molar-refractivity contribution in [1.82, 2.24) is 9.62 Å². The lowest BCUT2D eigenvalue weighted by molar-refractivity contribution is 0.241. The molecule has 128 valence electrons. The van der Waals surface area contributed by atoms with E-state index in [-0.39, 0.29) is 6.03 Å². The van der Waals surface area contributed by atoms with Gasteiger partial charge in [0.05, 0.1) is 6.26 Å². The van der Waals surface area contributed by atoms with Gasteiger partial charge in [-0.05, 0) is 55.9 Å². The molecule has 1 aliphatic rings. The van der Waals surface area contributed by atoms with Crippen LogP contribution in [0.15, 0.2) is 18.2 Å². The normalized spacial score (nSPS) is 17.0. The Balaban J connectivity index is 1.76. The molecule has 1 saturated heterocycles. The van der Waals surface area contributed by atoms with Crippen LogP contribution < -0.4 is 10.6 Å².